The predicted octanol–water partition coefficient (Wildman–Crippen LogP) is 5.01. The molecule has 26 heavy (non-hydrogen) atoms. The van der Waals surface area contributed by atoms with E-state index in [1.807, 2.05) is 54.6 Å². The first-order valence-electron chi connectivity index (χ1n) is 8.22. The van der Waals surface area contributed by atoms with E-state index >= 15 is 0 Å². The van der Waals surface area contributed by atoms with Gasteiger partial charge in [-0.1, -0.05) is 53.7 Å². The van der Waals surface area contributed by atoms with Crippen molar-refractivity contribution in [3.63, 3.8) is 0 Å². The summed E-state index contributed by atoms with van der Waals surface area (Å²) in [5.41, 5.74) is 2.36. The van der Waals surface area contributed by atoms with Crippen LogP contribution in [0, 0.1) is 0 Å². The highest BCUT2D eigenvalue weighted by atomic mass is 35.5. The number of halogens is 1. The lowest BCUT2D eigenvalue weighted by Crippen LogP contribution is -2.05. The molecule has 1 heterocycles. The van der Waals surface area contributed by atoms with Gasteiger partial charge >= 0.3 is 0 Å². The van der Waals surface area contributed by atoms with Crippen LogP contribution in [0.2, 0.25) is 5.02 Å². The van der Waals surface area contributed by atoms with E-state index in [-0.39, 0.29) is 0 Å². The van der Waals surface area contributed by atoms with E-state index in [0.717, 1.165) is 33.1 Å². The maximum Gasteiger partial charge on any atom is 0.191 e. The fraction of sp³-hybridized carbons (Fsp3) is 0.200. The van der Waals surface area contributed by atoms with Crippen LogP contribution in [-0.4, -0.2) is 21.9 Å². The smallest absolute Gasteiger partial charge is 0.191 e. The molecule has 0 aliphatic heterocycles. The lowest BCUT2D eigenvalue weighted by atomic mass is 10.1. The first-order valence-corrected chi connectivity index (χ1v) is 9.59. The van der Waals surface area contributed by atoms with Gasteiger partial charge in [-0.2, -0.15) is 0 Å². The van der Waals surface area contributed by atoms with E-state index in [1.165, 1.54) is 5.56 Å². The van der Waals surface area contributed by atoms with Crippen LogP contribution in [0.1, 0.15) is 17.0 Å². The average Bonchev–Trinajstić information content (AvgIpc) is 3.04. The molecule has 0 saturated heterocycles. The molecule has 134 valence electrons. The van der Waals surface area contributed by atoms with Gasteiger partial charge in [-0.05, 0) is 35.4 Å². The SMILES string of the molecule is C=CCn1c(Cc2ccc(OC)cc2)nnc1SCc1ccc(Cl)cc1. The molecule has 1 aromatic heterocycles. The number of thioether (sulfide) groups is 1. The minimum atomic E-state index is 0.682. The Hall–Kier alpha value is -2.24. The van der Waals surface area contributed by atoms with Crippen LogP contribution in [0.25, 0.3) is 0 Å². The van der Waals surface area contributed by atoms with Crippen LogP contribution in [0.5, 0.6) is 5.75 Å². The first-order chi connectivity index (χ1) is 12.7. The molecule has 6 heteroatoms. The van der Waals surface area contributed by atoms with Crippen molar-refractivity contribution in [1.82, 2.24) is 14.8 Å². The normalized spacial score (nSPS) is 10.7. The lowest BCUT2D eigenvalue weighted by Gasteiger charge is -2.08. The molecule has 0 amide bonds. The highest BCUT2D eigenvalue weighted by Gasteiger charge is 2.12. The molecule has 0 aliphatic rings. The van der Waals surface area contributed by atoms with Crippen molar-refractivity contribution in [2.45, 2.75) is 23.9 Å². The number of ether oxygens (including phenoxy) is 1. The van der Waals surface area contributed by atoms with Gasteiger partial charge in [0.2, 0.25) is 0 Å². The van der Waals surface area contributed by atoms with Crippen molar-refractivity contribution < 1.29 is 4.74 Å². The van der Waals surface area contributed by atoms with Gasteiger partial charge in [0.15, 0.2) is 5.16 Å². The molecule has 4 nitrogen and oxygen atoms in total. The summed E-state index contributed by atoms with van der Waals surface area (Å²) in [7, 11) is 1.67. The molecule has 3 rings (SSSR count). The second-order valence-electron chi connectivity index (χ2n) is 5.74. The summed E-state index contributed by atoms with van der Waals surface area (Å²) < 4.78 is 7.32. The number of rotatable bonds is 8. The number of benzene rings is 2. The molecule has 0 saturated carbocycles. The third kappa shape index (κ3) is 4.68. The van der Waals surface area contributed by atoms with Crippen LogP contribution in [-0.2, 0) is 18.7 Å². The van der Waals surface area contributed by atoms with Crippen molar-refractivity contribution in [3.05, 3.63) is 83.2 Å². The molecule has 0 spiro atoms. The standard InChI is InChI=1S/C20H20ClN3OS/c1-3-12-24-19(13-15-6-10-18(25-2)11-7-15)22-23-20(24)26-14-16-4-8-17(21)9-5-16/h3-11H,1,12-14H2,2H3. The maximum absolute atomic E-state index is 5.94. The largest absolute Gasteiger partial charge is 0.497 e. The minimum Gasteiger partial charge on any atom is -0.497 e. The summed E-state index contributed by atoms with van der Waals surface area (Å²) in [6.45, 7) is 4.54. The molecule has 2 aromatic carbocycles. The molecule has 0 fully saturated rings. The Kier molecular flexibility index (Phi) is 6.36. The Bertz CT molecular complexity index is 860. The van der Waals surface area contributed by atoms with Crippen LogP contribution in [0.15, 0.2) is 66.3 Å². The number of nitrogens with zero attached hydrogens (tertiary/aromatic N) is 3. The lowest BCUT2D eigenvalue weighted by molar-refractivity contribution is 0.414. The number of allylic oxidation sites excluding steroid dienone is 1. The number of aromatic nitrogens is 3. The van der Waals surface area contributed by atoms with Gasteiger partial charge in [0, 0.05) is 23.7 Å². The highest BCUT2D eigenvalue weighted by Crippen LogP contribution is 2.24. The highest BCUT2D eigenvalue weighted by molar-refractivity contribution is 7.98. The van der Waals surface area contributed by atoms with E-state index in [1.54, 1.807) is 18.9 Å². The van der Waals surface area contributed by atoms with Gasteiger partial charge in [0.1, 0.15) is 11.6 Å². The summed E-state index contributed by atoms with van der Waals surface area (Å²) in [5, 5.41) is 10.4. The Morgan fingerprint density at radius 2 is 1.77 bits per heavy atom. The monoisotopic (exact) mass is 385 g/mol. The first kappa shape index (κ1) is 18.5. The fourth-order valence-corrected chi connectivity index (χ4v) is 3.57. The summed E-state index contributed by atoms with van der Waals surface area (Å²) in [6.07, 6.45) is 2.58. The van der Waals surface area contributed by atoms with Crippen LogP contribution < -0.4 is 4.74 Å². The topological polar surface area (TPSA) is 39.9 Å². The minimum absolute atomic E-state index is 0.682. The predicted molar refractivity (Wildman–Crippen MR) is 107 cm³/mol. The second kappa shape index (κ2) is 8.92. The van der Waals surface area contributed by atoms with Crippen molar-refractivity contribution in [1.29, 1.82) is 0 Å². The molecular formula is C20H20ClN3OS. The van der Waals surface area contributed by atoms with Crippen LogP contribution in [0.3, 0.4) is 0 Å². The van der Waals surface area contributed by atoms with Crippen molar-refractivity contribution in [3.8, 4) is 5.75 Å². The van der Waals surface area contributed by atoms with Gasteiger partial charge < -0.3 is 9.30 Å². The molecular weight excluding hydrogens is 366 g/mol. The Labute approximate surface area is 162 Å². The molecule has 0 N–H and O–H groups in total. The third-order valence-electron chi connectivity index (χ3n) is 3.91. The summed E-state index contributed by atoms with van der Waals surface area (Å²) in [6, 6.07) is 15.9. The molecule has 3 aromatic rings. The zero-order chi connectivity index (χ0) is 18.4. The summed E-state index contributed by atoms with van der Waals surface area (Å²) in [5.74, 6) is 2.59. The molecule has 0 bridgehead atoms. The van der Waals surface area contributed by atoms with E-state index in [2.05, 4.69) is 21.3 Å². The maximum atomic E-state index is 5.94. The van der Waals surface area contributed by atoms with Gasteiger partial charge in [-0.15, -0.1) is 16.8 Å². The molecule has 0 aliphatic carbocycles. The Balaban J connectivity index is 1.74. The number of hydrogen-bond donors (Lipinski definition) is 0. The van der Waals surface area contributed by atoms with Crippen LogP contribution >= 0.6 is 23.4 Å². The van der Waals surface area contributed by atoms with E-state index in [4.69, 9.17) is 16.3 Å². The van der Waals surface area contributed by atoms with E-state index in [9.17, 15) is 0 Å². The zero-order valence-electron chi connectivity index (χ0n) is 14.6. The zero-order valence-corrected chi connectivity index (χ0v) is 16.1. The van der Waals surface area contributed by atoms with Crippen molar-refractivity contribution >= 4 is 23.4 Å². The molecule has 0 unspecified atom stereocenters. The summed E-state index contributed by atoms with van der Waals surface area (Å²) >= 11 is 7.60. The van der Waals surface area contributed by atoms with Crippen LogP contribution in [0.4, 0.5) is 0 Å². The number of methoxy groups -OCH3 is 1. The molecule has 0 radical (unpaired) electrons. The average molecular weight is 386 g/mol. The van der Waals surface area contributed by atoms with Gasteiger partial charge in [-0.25, -0.2) is 0 Å². The molecule has 0 atom stereocenters. The fourth-order valence-electron chi connectivity index (χ4n) is 2.52. The quantitative estimate of drug-likeness (QED) is 0.403. The van der Waals surface area contributed by atoms with E-state index < -0.39 is 0 Å². The van der Waals surface area contributed by atoms with Crippen molar-refractivity contribution in [2.75, 3.05) is 7.11 Å². The van der Waals surface area contributed by atoms with Gasteiger partial charge in [0.25, 0.3) is 0 Å². The Morgan fingerprint density at radius 1 is 1.08 bits per heavy atom. The summed E-state index contributed by atoms with van der Waals surface area (Å²) in [4.78, 5) is 0. The van der Waals surface area contributed by atoms with Gasteiger partial charge in [-0.3, -0.25) is 0 Å². The third-order valence-corrected chi connectivity index (χ3v) is 5.20. The second-order valence-corrected chi connectivity index (χ2v) is 7.12. The van der Waals surface area contributed by atoms with Crippen molar-refractivity contribution in [2.24, 2.45) is 0 Å². The number of hydrogen-bond acceptors (Lipinski definition) is 4. The Morgan fingerprint density at radius 3 is 2.42 bits per heavy atom. The van der Waals surface area contributed by atoms with E-state index in [0.29, 0.717) is 13.0 Å². The van der Waals surface area contributed by atoms with Gasteiger partial charge in [0.05, 0.1) is 7.11 Å².